The molecule has 0 saturated carbocycles. The van der Waals surface area contributed by atoms with Gasteiger partial charge in [0.05, 0.1) is 12.1 Å². The Morgan fingerprint density at radius 1 is 1.50 bits per heavy atom. The van der Waals surface area contributed by atoms with Gasteiger partial charge in [0.25, 0.3) is 0 Å². The van der Waals surface area contributed by atoms with Gasteiger partial charge in [-0.2, -0.15) is 0 Å². The Morgan fingerprint density at radius 2 is 2.22 bits per heavy atom. The van der Waals surface area contributed by atoms with Crippen molar-refractivity contribution >= 4 is 15.9 Å². The molecule has 1 aromatic carbocycles. The first-order chi connectivity index (χ1) is 8.62. The van der Waals surface area contributed by atoms with Crippen molar-refractivity contribution in [1.82, 2.24) is 5.43 Å². The highest BCUT2D eigenvalue weighted by Crippen LogP contribution is 2.21. The molecule has 0 spiro atoms. The van der Waals surface area contributed by atoms with Crippen LogP contribution in [-0.2, 0) is 11.2 Å². The van der Waals surface area contributed by atoms with E-state index in [9.17, 15) is 4.39 Å². The van der Waals surface area contributed by atoms with Gasteiger partial charge in [0.15, 0.2) is 0 Å². The second-order valence-electron chi connectivity index (χ2n) is 4.28. The minimum Gasteiger partial charge on any atom is -0.380 e. The number of nitrogens with two attached hydrogens (primary N) is 1. The number of ether oxygens (including phenoxy) is 1. The first kappa shape index (κ1) is 15.6. The highest BCUT2D eigenvalue weighted by Gasteiger charge is 2.20. The van der Waals surface area contributed by atoms with E-state index in [1.54, 1.807) is 13.2 Å². The quantitative estimate of drug-likeness (QED) is 0.600. The fourth-order valence-corrected chi connectivity index (χ4v) is 2.50. The van der Waals surface area contributed by atoms with Crippen molar-refractivity contribution in [2.24, 2.45) is 5.84 Å². The molecule has 3 N–H and O–H groups in total. The Morgan fingerprint density at radius 3 is 2.72 bits per heavy atom. The maximum Gasteiger partial charge on any atom is 0.124 e. The van der Waals surface area contributed by atoms with E-state index in [2.05, 4.69) is 28.3 Å². The molecule has 3 nitrogen and oxygen atoms in total. The van der Waals surface area contributed by atoms with Crippen LogP contribution in [-0.4, -0.2) is 19.3 Å². The molecule has 0 heterocycles. The SMILES string of the molecule is CCCC(OC)C(Cc1ccc(F)cc1Br)NN. The van der Waals surface area contributed by atoms with Gasteiger partial charge in [0.1, 0.15) is 5.82 Å². The lowest BCUT2D eigenvalue weighted by atomic mass is 9.99. The van der Waals surface area contributed by atoms with Crippen LogP contribution in [0.15, 0.2) is 22.7 Å². The number of halogens is 2. The average molecular weight is 319 g/mol. The number of benzene rings is 1. The van der Waals surface area contributed by atoms with Gasteiger partial charge >= 0.3 is 0 Å². The Bertz CT molecular complexity index is 376. The third-order valence-corrected chi connectivity index (χ3v) is 3.73. The van der Waals surface area contributed by atoms with Crippen LogP contribution in [0.4, 0.5) is 4.39 Å². The second-order valence-corrected chi connectivity index (χ2v) is 5.13. The summed E-state index contributed by atoms with van der Waals surface area (Å²) >= 11 is 3.37. The minimum absolute atomic E-state index is 0.0108. The summed E-state index contributed by atoms with van der Waals surface area (Å²) in [5.41, 5.74) is 3.80. The van der Waals surface area contributed by atoms with E-state index in [1.165, 1.54) is 12.1 Å². The van der Waals surface area contributed by atoms with Gasteiger partial charge < -0.3 is 4.74 Å². The second kappa shape index (κ2) is 7.84. The molecular weight excluding hydrogens is 299 g/mol. The number of hydrazine groups is 1. The Labute approximate surface area is 116 Å². The van der Waals surface area contributed by atoms with Crippen LogP contribution in [0.5, 0.6) is 0 Å². The van der Waals surface area contributed by atoms with E-state index < -0.39 is 0 Å². The van der Waals surface area contributed by atoms with Crippen LogP contribution < -0.4 is 11.3 Å². The van der Waals surface area contributed by atoms with Crippen molar-refractivity contribution in [1.29, 1.82) is 0 Å². The molecule has 0 aliphatic rings. The highest BCUT2D eigenvalue weighted by molar-refractivity contribution is 9.10. The molecule has 0 fully saturated rings. The van der Waals surface area contributed by atoms with Gasteiger partial charge in [-0.3, -0.25) is 11.3 Å². The molecule has 0 bridgehead atoms. The summed E-state index contributed by atoms with van der Waals surface area (Å²) in [4.78, 5) is 0. The molecule has 5 heteroatoms. The Balaban J connectivity index is 2.78. The standard InChI is InChI=1S/C13H20BrFN2O/c1-3-4-13(18-2)12(17-16)7-9-5-6-10(15)8-11(9)14/h5-6,8,12-13,17H,3-4,7,16H2,1-2H3. The van der Waals surface area contributed by atoms with E-state index >= 15 is 0 Å². The van der Waals surface area contributed by atoms with Crippen molar-refractivity contribution in [3.05, 3.63) is 34.1 Å². The van der Waals surface area contributed by atoms with Crippen LogP contribution in [0.25, 0.3) is 0 Å². The van der Waals surface area contributed by atoms with Crippen LogP contribution in [0.2, 0.25) is 0 Å². The van der Waals surface area contributed by atoms with Crippen LogP contribution in [0.3, 0.4) is 0 Å². The first-order valence-corrected chi connectivity index (χ1v) is 6.84. The van der Waals surface area contributed by atoms with E-state index in [4.69, 9.17) is 10.6 Å². The lowest BCUT2D eigenvalue weighted by Gasteiger charge is -2.25. The molecule has 0 aromatic heterocycles. The van der Waals surface area contributed by atoms with Gasteiger partial charge in [-0.1, -0.05) is 35.3 Å². The summed E-state index contributed by atoms with van der Waals surface area (Å²) in [6.07, 6.45) is 2.71. The topological polar surface area (TPSA) is 47.3 Å². The third-order valence-electron chi connectivity index (χ3n) is 2.99. The maximum absolute atomic E-state index is 13.0. The molecule has 102 valence electrons. The van der Waals surface area contributed by atoms with E-state index in [-0.39, 0.29) is 18.0 Å². The molecule has 0 aliphatic heterocycles. The third kappa shape index (κ3) is 4.31. The van der Waals surface area contributed by atoms with Gasteiger partial charge in [0.2, 0.25) is 0 Å². The largest absolute Gasteiger partial charge is 0.380 e. The molecule has 0 amide bonds. The monoisotopic (exact) mass is 318 g/mol. The summed E-state index contributed by atoms with van der Waals surface area (Å²) in [6.45, 7) is 2.10. The first-order valence-electron chi connectivity index (χ1n) is 6.05. The highest BCUT2D eigenvalue weighted by atomic mass is 79.9. The van der Waals surface area contributed by atoms with Crippen molar-refractivity contribution in [2.75, 3.05) is 7.11 Å². The molecule has 0 aliphatic carbocycles. The molecule has 2 unspecified atom stereocenters. The van der Waals surface area contributed by atoms with Crippen LogP contribution >= 0.6 is 15.9 Å². The van der Waals surface area contributed by atoms with Crippen LogP contribution in [0, 0.1) is 5.82 Å². The molecule has 0 radical (unpaired) electrons. The molecule has 0 saturated heterocycles. The van der Waals surface area contributed by atoms with Crippen molar-refractivity contribution < 1.29 is 9.13 Å². The lowest BCUT2D eigenvalue weighted by Crippen LogP contribution is -2.46. The van der Waals surface area contributed by atoms with E-state index in [0.717, 1.165) is 22.9 Å². The fourth-order valence-electron chi connectivity index (χ4n) is 1.99. The van der Waals surface area contributed by atoms with Gasteiger partial charge in [0, 0.05) is 11.6 Å². The zero-order valence-electron chi connectivity index (χ0n) is 10.7. The van der Waals surface area contributed by atoms with E-state index in [1.807, 2.05) is 0 Å². The summed E-state index contributed by atoms with van der Waals surface area (Å²) in [7, 11) is 1.68. The average Bonchev–Trinajstić information content (AvgIpc) is 2.36. The van der Waals surface area contributed by atoms with Crippen molar-refractivity contribution in [3.63, 3.8) is 0 Å². The summed E-state index contributed by atoms with van der Waals surface area (Å²) < 4.78 is 19.2. The predicted octanol–water partition coefficient (Wildman–Crippen LogP) is 2.78. The predicted molar refractivity (Wildman–Crippen MR) is 74.6 cm³/mol. The number of methoxy groups -OCH3 is 1. The Kier molecular flexibility index (Phi) is 6.78. The molecule has 2 atom stereocenters. The zero-order chi connectivity index (χ0) is 13.5. The minimum atomic E-state index is -0.250. The van der Waals surface area contributed by atoms with Crippen molar-refractivity contribution in [3.8, 4) is 0 Å². The maximum atomic E-state index is 13.0. The normalized spacial score (nSPS) is 14.5. The molecule has 1 rings (SSSR count). The lowest BCUT2D eigenvalue weighted by molar-refractivity contribution is 0.0609. The number of rotatable bonds is 7. The van der Waals surface area contributed by atoms with Gasteiger partial charge in [-0.05, 0) is 30.5 Å². The zero-order valence-corrected chi connectivity index (χ0v) is 12.3. The number of nitrogens with one attached hydrogen (secondary N) is 1. The fraction of sp³-hybridized carbons (Fsp3) is 0.538. The Hall–Kier alpha value is -0.490. The van der Waals surface area contributed by atoms with Gasteiger partial charge in [-0.15, -0.1) is 0 Å². The van der Waals surface area contributed by atoms with Gasteiger partial charge in [-0.25, -0.2) is 4.39 Å². The molecule has 18 heavy (non-hydrogen) atoms. The summed E-state index contributed by atoms with van der Waals surface area (Å²) in [5, 5.41) is 0. The smallest absolute Gasteiger partial charge is 0.124 e. The summed E-state index contributed by atoms with van der Waals surface area (Å²) in [6, 6.07) is 4.69. The number of hydrogen-bond donors (Lipinski definition) is 2. The summed E-state index contributed by atoms with van der Waals surface area (Å²) in [5.74, 6) is 5.34. The van der Waals surface area contributed by atoms with E-state index in [0.29, 0.717) is 6.42 Å². The molecular formula is C13H20BrFN2O. The van der Waals surface area contributed by atoms with Crippen LogP contribution in [0.1, 0.15) is 25.3 Å². The number of hydrogen-bond acceptors (Lipinski definition) is 3. The molecule has 1 aromatic rings. The van der Waals surface area contributed by atoms with Crippen molar-refractivity contribution in [2.45, 2.75) is 38.3 Å².